The molecule has 0 amide bonds. The summed E-state index contributed by atoms with van der Waals surface area (Å²) in [5, 5.41) is 12.4. The van der Waals surface area contributed by atoms with E-state index >= 15 is 0 Å². The molecule has 2 aromatic rings. The number of nitriles is 1. The van der Waals surface area contributed by atoms with Crippen LogP contribution in [0.1, 0.15) is 24.0 Å². The second kappa shape index (κ2) is 5.26. The minimum atomic E-state index is 0.706. The third kappa shape index (κ3) is 3.01. The van der Waals surface area contributed by atoms with Crippen molar-refractivity contribution in [2.75, 3.05) is 0 Å². The van der Waals surface area contributed by atoms with Gasteiger partial charge in [-0.2, -0.15) is 5.26 Å². The molecule has 0 spiro atoms. The van der Waals surface area contributed by atoms with Crippen LogP contribution in [-0.4, -0.2) is 6.04 Å². The van der Waals surface area contributed by atoms with Gasteiger partial charge in [-0.1, -0.05) is 36.4 Å². The lowest BCUT2D eigenvalue weighted by Gasteiger charge is -2.06. The highest BCUT2D eigenvalue weighted by molar-refractivity contribution is 5.65. The molecule has 0 aliphatic heterocycles. The van der Waals surface area contributed by atoms with E-state index < -0.39 is 0 Å². The minimum absolute atomic E-state index is 0.706. The Morgan fingerprint density at radius 2 is 1.84 bits per heavy atom. The van der Waals surface area contributed by atoms with Crippen LogP contribution in [0.2, 0.25) is 0 Å². The van der Waals surface area contributed by atoms with Crippen LogP contribution < -0.4 is 5.32 Å². The first kappa shape index (κ1) is 12.0. The number of hydrogen-bond acceptors (Lipinski definition) is 2. The lowest BCUT2D eigenvalue weighted by atomic mass is 10.0. The molecule has 0 aromatic heterocycles. The summed E-state index contributed by atoms with van der Waals surface area (Å²) in [6, 6.07) is 19.2. The lowest BCUT2D eigenvalue weighted by Crippen LogP contribution is -2.14. The Kier molecular flexibility index (Phi) is 3.31. The van der Waals surface area contributed by atoms with Gasteiger partial charge in [-0.3, -0.25) is 0 Å². The Morgan fingerprint density at radius 3 is 2.53 bits per heavy atom. The van der Waals surface area contributed by atoms with Gasteiger partial charge in [0.2, 0.25) is 0 Å². The van der Waals surface area contributed by atoms with E-state index in [-0.39, 0.29) is 0 Å². The molecule has 19 heavy (non-hydrogen) atoms. The maximum Gasteiger partial charge on any atom is 0.0991 e. The van der Waals surface area contributed by atoms with Gasteiger partial charge in [0.15, 0.2) is 0 Å². The van der Waals surface area contributed by atoms with E-state index in [0.29, 0.717) is 5.56 Å². The molecule has 2 aromatic carbocycles. The summed E-state index contributed by atoms with van der Waals surface area (Å²) < 4.78 is 0. The molecule has 1 N–H and O–H groups in total. The predicted molar refractivity (Wildman–Crippen MR) is 76.5 cm³/mol. The van der Waals surface area contributed by atoms with Gasteiger partial charge in [0, 0.05) is 12.6 Å². The Labute approximate surface area is 113 Å². The molecular weight excluding hydrogens is 232 g/mol. The molecular formula is C17H16N2. The van der Waals surface area contributed by atoms with Crippen molar-refractivity contribution in [2.45, 2.75) is 25.4 Å². The normalized spacial score (nSPS) is 14.1. The van der Waals surface area contributed by atoms with E-state index in [0.717, 1.165) is 23.7 Å². The van der Waals surface area contributed by atoms with Crippen LogP contribution in [0.3, 0.4) is 0 Å². The monoisotopic (exact) mass is 248 g/mol. The summed E-state index contributed by atoms with van der Waals surface area (Å²) in [5.74, 6) is 0. The van der Waals surface area contributed by atoms with Gasteiger partial charge in [-0.25, -0.2) is 0 Å². The molecule has 0 bridgehead atoms. The summed E-state index contributed by atoms with van der Waals surface area (Å²) in [6.07, 6.45) is 2.64. The van der Waals surface area contributed by atoms with Crippen LogP contribution in [0, 0.1) is 11.3 Å². The molecule has 0 radical (unpaired) electrons. The van der Waals surface area contributed by atoms with E-state index in [1.807, 2.05) is 24.3 Å². The Morgan fingerprint density at radius 1 is 1.05 bits per heavy atom. The molecule has 0 heterocycles. The van der Waals surface area contributed by atoms with Gasteiger partial charge in [0.05, 0.1) is 11.6 Å². The van der Waals surface area contributed by atoms with Gasteiger partial charge in [0.1, 0.15) is 0 Å². The van der Waals surface area contributed by atoms with Gasteiger partial charge < -0.3 is 5.32 Å². The highest BCUT2D eigenvalue weighted by Gasteiger charge is 2.19. The van der Waals surface area contributed by atoms with Crippen molar-refractivity contribution >= 4 is 0 Å². The maximum absolute atomic E-state index is 8.92. The van der Waals surface area contributed by atoms with E-state index in [1.165, 1.54) is 18.4 Å². The van der Waals surface area contributed by atoms with Gasteiger partial charge in [-0.05, 0) is 41.7 Å². The highest BCUT2D eigenvalue weighted by Crippen LogP contribution is 2.22. The Hall–Kier alpha value is -2.11. The second-order valence-electron chi connectivity index (χ2n) is 5.04. The topological polar surface area (TPSA) is 35.8 Å². The Balaban J connectivity index is 1.75. The molecule has 2 nitrogen and oxygen atoms in total. The summed E-state index contributed by atoms with van der Waals surface area (Å²) in [7, 11) is 0. The van der Waals surface area contributed by atoms with E-state index in [2.05, 4.69) is 35.7 Å². The van der Waals surface area contributed by atoms with Crippen LogP contribution in [0.5, 0.6) is 0 Å². The average Bonchev–Trinajstić information content (AvgIpc) is 3.30. The fourth-order valence-corrected chi connectivity index (χ4v) is 2.13. The van der Waals surface area contributed by atoms with Crippen molar-refractivity contribution in [3.8, 4) is 17.2 Å². The van der Waals surface area contributed by atoms with Crippen molar-refractivity contribution in [3.63, 3.8) is 0 Å². The van der Waals surface area contributed by atoms with E-state index in [1.54, 1.807) is 0 Å². The highest BCUT2D eigenvalue weighted by atomic mass is 14.9. The zero-order chi connectivity index (χ0) is 13.1. The summed E-state index contributed by atoms with van der Waals surface area (Å²) >= 11 is 0. The summed E-state index contributed by atoms with van der Waals surface area (Å²) in [5.41, 5.74) is 4.28. The standard InChI is InChI=1S/C17H16N2/c18-11-14-2-1-3-16(10-14)15-6-4-13(5-7-15)12-19-17-8-9-17/h1-7,10,17,19H,8-9,12H2. The second-order valence-corrected chi connectivity index (χ2v) is 5.04. The van der Waals surface area contributed by atoms with Crippen molar-refractivity contribution in [2.24, 2.45) is 0 Å². The molecule has 2 heteroatoms. The quantitative estimate of drug-likeness (QED) is 0.899. The largest absolute Gasteiger partial charge is 0.310 e. The predicted octanol–water partition coefficient (Wildman–Crippen LogP) is 3.48. The average molecular weight is 248 g/mol. The zero-order valence-corrected chi connectivity index (χ0v) is 10.8. The number of rotatable bonds is 4. The molecule has 1 aliphatic rings. The van der Waals surface area contributed by atoms with Crippen LogP contribution in [0.25, 0.3) is 11.1 Å². The van der Waals surface area contributed by atoms with E-state index in [4.69, 9.17) is 5.26 Å². The van der Waals surface area contributed by atoms with Crippen LogP contribution >= 0.6 is 0 Å². The molecule has 1 aliphatic carbocycles. The maximum atomic E-state index is 8.92. The first-order chi connectivity index (χ1) is 9.35. The molecule has 0 unspecified atom stereocenters. The smallest absolute Gasteiger partial charge is 0.0991 e. The van der Waals surface area contributed by atoms with Crippen molar-refractivity contribution < 1.29 is 0 Å². The summed E-state index contributed by atoms with van der Waals surface area (Å²) in [6.45, 7) is 0.948. The third-order valence-corrected chi connectivity index (χ3v) is 3.45. The fraction of sp³-hybridized carbons (Fsp3) is 0.235. The lowest BCUT2D eigenvalue weighted by molar-refractivity contribution is 0.688. The zero-order valence-electron chi connectivity index (χ0n) is 10.8. The fourth-order valence-electron chi connectivity index (χ4n) is 2.13. The SMILES string of the molecule is N#Cc1cccc(-c2ccc(CNC3CC3)cc2)c1. The van der Waals surface area contributed by atoms with Crippen molar-refractivity contribution in [3.05, 3.63) is 59.7 Å². The molecule has 0 saturated heterocycles. The van der Waals surface area contributed by atoms with Crippen LogP contribution in [0.4, 0.5) is 0 Å². The molecule has 1 fully saturated rings. The first-order valence-electron chi connectivity index (χ1n) is 6.68. The van der Waals surface area contributed by atoms with Gasteiger partial charge in [0.25, 0.3) is 0 Å². The number of benzene rings is 2. The number of nitrogens with one attached hydrogen (secondary N) is 1. The van der Waals surface area contributed by atoms with Gasteiger partial charge >= 0.3 is 0 Å². The summed E-state index contributed by atoms with van der Waals surface area (Å²) in [4.78, 5) is 0. The molecule has 3 rings (SSSR count). The van der Waals surface area contributed by atoms with Gasteiger partial charge in [-0.15, -0.1) is 0 Å². The number of hydrogen-bond donors (Lipinski definition) is 1. The van der Waals surface area contributed by atoms with Crippen molar-refractivity contribution in [1.29, 1.82) is 5.26 Å². The molecule has 94 valence electrons. The third-order valence-electron chi connectivity index (χ3n) is 3.45. The van der Waals surface area contributed by atoms with Crippen LogP contribution in [-0.2, 0) is 6.54 Å². The molecule has 1 saturated carbocycles. The van der Waals surface area contributed by atoms with Crippen LogP contribution in [0.15, 0.2) is 48.5 Å². The Bertz CT molecular complexity index is 604. The van der Waals surface area contributed by atoms with Crippen molar-refractivity contribution in [1.82, 2.24) is 5.32 Å². The first-order valence-corrected chi connectivity index (χ1v) is 6.68. The number of nitrogens with zero attached hydrogens (tertiary/aromatic N) is 1. The minimum Gasteiger partial charge on any atom is -0.310 e. The molecule has 0 atom stereocenters. The van der Waals surface area contributed by atoms with E-state index in [9.17, 15) is 0 Å².